The normalized spacial score (nSPS) is 17.6. The highest BCUT2D eigenvalue weighted by Crippen LogP contribution is 2.44. The lowest BCUT2D eigenvalue weighted by Gasteiger charge is -2.21. The molecule has 0 radical (unpaired) electrons. The number of benzene rings is 2. The van der Waals surface area contributed by atoms with Crippen molar-refractivity contribution in [3.05, 3.63) is 81.2 Å². The van der Waals surface area contributed by atoms with E-state index in [2.05, 4.69) is 9.97 Å². The molecule has 5 rings (SSSR count). The number of H-pyrrole nitrogens is 1. The van der Waals surface area contributed by atoms with Crippen molar-refractivity contribution >= 4 is 57.6 Å². The summed E-state index contributed by atoms with van der Waals surface area (Å²) < 4.78 is 10.9. The van der Waals surface area contributed by atoms with Crippen molar-refractivity contribution in [1.82, 2.24) is 9.97 Å². The van der Waals surface area contributed by atoms with E-state index in [9.17, 15) is 14.7 Å². The van der Waals surface area contributed by atoms with Gasteiger partial charge in [-0.3, -0.25) is 14.5 Å². The van der Waals surface area contributed by atoms with Gasteiger partial charge in [0.1, 0.15) is 23.3 Å². The lowest BCUT2D eigenvalue weighted by Crippen LogP contribution is -2.30. The number of Topliss-reactive ketones (excluding diaryl/α,β-unsaturated/α-hetero) is 1. The fourth-order valence-electron chi connectivity index (χ4n) is 4.08. The summed E-state index contributed by atoms with van der Waals surface area (Å²) in [5.41, 5.74) is 2.16. The maximum absolute atomic E-state index is 13.2. The number of aromatic nitrogens is 2. The molecule has 0 aliphatic carbocycles. The minimum Gasteiger partial charge on any atom is -0.507 e. The summed E-state index contributed by atoms with van der Waals surface area (Å²) in [6, 6.07) is 10.5. The number of halogens is 2. The number of carbonyl (C=O) groups excluding carboxylic acids is 2. The van der Waals surface area contributed by atoms with Crippen molar-refractivity contribution in [2.45, 2.75) is 13.0 Å². The maximum atomic E-state index is 13.2. The van der Waals surface area contributed by atoms with Gasteiger partial charge in [-0.2, -0.15) is 0 Å². The molecule has 3 heterocycles. The van der Waals surface area contributed by atoms with Gasteiger partial charge in [-0.15, -0.1) is 0 Å². The third-order valence-corrected chi connectivity index (χ3v) is 6.08. The fraction of sp³-hybridized carbons (Fsp3) is 0.125. The van der Waals surface area contributed by atoms with Gasteiger partial charge in [0, 0.05) is 5.02 Å². The van der Waals surface area contributed by atoms with E-state index in [0.29, 0.717) is 11.0 Å². The molecule has 2 aromatic carbocycles. The molecule has 1 atom stereocenters. The van der Waals surface area contributed by atoms with E-state index in [1.54, 1.807) is 12.1 Å². The number of methoxy groups -OCH3 is 1. The number of anilines is 1. The Morgan fingerprint density at radius 2 is 2.00 bits per heavy atom. The molecular weight excluding hydrogens is 481 g/mol. The molecule has 172 valence electrons. The summed E-state index contributed by atoms with van der Waals surface area (Å²) in [6.07, 6.45) is 1.41. The van der Waals surface area contributed by atoms with Gasteiger partial charge >= 0.3 is 5.91 Å². The van der Waals surface area contributed by atoms with Gasteiger partial charge in [0.25, 0.3) is 5.78 Å². The molecule has 0 saturated carbocycles. The number of hydrogen-bond donors (Lipinski definition) is 2. The van der Waals surface area contributed by atoms with Crippen molar-refractivity contribution in [1.29, 1.82) is 0 Å². The van der Waals surface area contributed by atoms with Crippen molar-refractivity contribution in [3.8, 4) is 5.75 Å². The van der Waals surface area contributed by atoms with Crippen LogP contribution in [0.4, 0.5) is 5.95 Å². The summed E-state index contributed by atoms with van der Waals surface area (Å²) in [6.45, 7) is 1.93. The number of imidazole rings is 1. The fourth-order valence-corrected chi connectivity index (χ4v) is 4.65. The van der Waals surface area contributed by atoms with Gasteiger partial charge in [-0.25, -0.2) is 4.98 Å². The van der Waals surface area contributed by atoms with E-state index in [1.165, 1.54) is 30.4 Å². The number of nitrogens with zero attached hydrogens (tertiary/aromatic N) is 2. The first-order valence-corrected chi connectivity index (χ1v) is 10.9. The Kier molecular flexibility index (Phi) is 5.34. The average Bonchev–Trinajstić information content (AvgIpc) is 3.51. The molecule has 34 heavy (non-hydrogen) atoms. The molecule has 2 N–H and O–H groups in total. The van der Waals surface area contributed by atoms with Gasteiger partial charge in [0.15, 0.2) is 0 Å². The molecule has 1 fully saturated rings. The van der Waals surface area contributed by atoms with Gasteiger partial charge in [0.05, 0.1) is 40.6 Å². The highest BCUT2D eigenvalue weighted by Gasteiger charge is 2.49. The van der Waals surface area contributed by atoms with Crippen LogP contribution in [-0.2, 0) is 9.59 Å². The zero-order chi connectivity index (χ0) is 24.1. The first kappa shape index (κ1) is 22.1. The number of carbonyl (C=O) groups is 2. The SMILES string of the molecule is COc1c(Cl)cc(Cl)cc1/C(O)=C1\C(=O)C(=O)N(c2nc3ccc(C)cc3[nH]2)C1c1ccco1. The van der Waals surface area contributed by atoms with Crippen LogP contribution in [0.15, 0.2) is 58.7 Å². The van der Waals surface area contributed by atoms with Crippen LogP contribution in [-0.4, -0.2) is 33.9 Å². The summed E-state index contributed by atoms with van der Waals surface area (Å²) in [4.78, 5) is 35.2. The molecule has 2 aromatic heterocycles. The quantitative estimate of drug-likeness (QED) is 0.221. The van der Waals surface area contributed by atoms with E-state index in [1.807, 2.05) is 25.1 Å². The Balaban J connectivity index is 1.75. The van der Waals surface area contributed by atoms with E-state index < -0.39 is 23.5 Å². The number of aliphatic hydroxyl groups excluding tert-OH is 1. The lowest BCUT2D eigenvalue weighted by molar-refractivity contribution is -0.132. The highest BCUT2D eigenvalue weighted by molar-refractivity contribution is 6.51. The predicted molar refractivity (Wildman–Crippen MR) is 127 cm³/mol. The van der Waals surface area contributed by atoms with E-state index in [0.717, 1.165) is 5.56 Å². The minimum absolute atomic E-state index is 0.0646. The molecule has 4 aromatic rings. The topological polar surface area (TPSA) is 109 Å². The number of aryl methyl sites for hydroxylation is 1. The molecular formula is C24H17Cl2N3O5. The van der Waals surface area contributed by atoms with Crippen LogP contribution in [0.5, 0.6) is 5.75 Å². The van der Waals surface area contributed by atoms with Crippen molar-refractivity contribution in [3.63, 3.8) is 0 Å². The number of fused-ring (bicyclic) bond motifs is 1. The van der Waals surface area contributed by atoms with Gasteiger partial charge in [-0.1, -0.05) is 29.3 Å². The predicted octanol–water partition coefficient (Wildman–Crippen LogP) is 5.41. The first-order valence-electron chi connectivity index (χ1n) is 10.1. The number of aromatic amines is 1. The van der Waals surface area contributed by atoms with Crippen molar-refractivity contribution in [2.75, 3.05) is 12.0 Å². The second-order valence-corrected chi connectivity index (χ2v) is 8.58. The van der Waals surface area contributed by atoms with Crippen molar-refractivity contribution < 1.29 is 23.8 Å². The maximum Gasteiger partial charge on any atom is 0.302 e. The molecule has 1 aliphatic heterocycles. The lowest BCUT2D eigenvalue weighted by atomic mass is 9.99. The van der Waals surface area contributed by atoms with Crippen LogP contribution in [0.1, 0.15) is 22.9 Å². The number of aliphatic hydroxyl groups is 1. The highest BCUT2D eigenvalue weighted by atomic mass is 35.5. The second-order valence-electron chi connectivity index (χ2n) is 7.73. The second kappa shape index (κ2) is 8.23. The Bertz CT molecular complexity index is 1490. The zero-order valence-corrected chi connectivity index (χ0v) is 19.4. The number of ketones is 1. The molecule has 1 unspecified atom stereocenters. The number of furan rings is 1. The summed E-state index contributed by atoms with van der Waals surface area (Å²) in [5, 5.41) is 11.6. The van der Waals surface area contributed by atoms with E-state index in [-0.39, 0.29) is 38.6 Å². The molecule has 8 nitrogen and oxygen atoms in total. The van der Waals surface area contributed by atoms with Crippen LogP contribution >= 0.6 is 23.2 Å². The third-order valence-electron chi connectivity index (χ3n) is 5.58. The Labute approximate surface area is 203 Å². The zero-order valence-electron chi connectivity index (χ0n) is 17.9. The minimum atomic E-state index is -1.10. The standard InChI is InChI=1S/C24H17Cl2N3O5/c1-11-5-6-15-16(8-11)28-24(27-15)29-19(17-4-3-7-34-17)18(21(31)23(29)32)20(30)13-9-12(25)10-14(26)22(13)33-2/h3-10,19,30H,1-2H3,(H,27,28)/b20-18+. The molecule has 0 bridgehead atoms. The summed E-state index contributed by atoms with van der Waals surface area (Å²) in [5.74, 6) is -1.81. The molecule has 1 saturated heterocycles. The van der Waals surface area contributed by atoms with Crippen LogP contribution in [0, 0.1) is 6.92 Å². The Hall–Kier alpha value is -3.75. The molecule has 0 spiro atoms. The number of rotatable bonds is 4. The van der Waals surface area contributed by atoms with E-state index >= 15 is 0 Å². The summed E-state index contributed by atoms with van der Waals surface area (Å²) >= 11 is 12.4. The summed E-state index contributed by atoms with van der Waals surface area (Å²) in [7, 11) is 1.37. The van der Waals surface area contributed by atoms with Gasteiger partial charge < -0.3 is 19.2 Å². The Morgan fingerprint density at radius 3 is 2.71 bits per heavy atom. The number of nitrogens with one attached hydrogen (secondary N) is 1. The number of hydrogen-bond acceptors (Lipinski definition) is 6. The van der Waals surface area contributed by atoms with Crippen LogP contribution in [0.25, 0.3) is 16.8 Å². The first-order chi connectivity index (χ1) is 16.3. The molecule has 10 heteroatoms. The Morgan fingerprint density at radius 1 is 1.21 bits per heavy atom. The van der Waals surface area contributed by atoms with Gasteiger partial charge in [-0.05, 0) is 48.9 Å². The van der Waals surface area contributed by atoms with Crippen LogP contribution < -0.4 is 9.64 Å². The van der Waals surface area contributed by atoms with Gasteiger partial charge in [0.2, 0.25) is 5.95 Å². The number of amides is 1. The molecule has 1 aliphatic rings. The molecule has 1 amide bonds. The number of ether oxygens (including phenoxy) is 1. The smallest absolute Gasteiger partial charge is 0.302 e. The van der Waals surface area contributed by atoms with Crippen LogP contribution in [0.2, 0.25) is 10.0 Å². The largest absolute Gasteiger partial charge is 0.507 e. The van der Waals surface area contributed by atoms with Crippen LogP contribution in [0.3, 0.4) is 0 Å². The monoisotopic (exact) mass is 497 g/mol. The average molecular weight is 498 g/mol. The van der Waals surface area contributed by atoms with E-state index in [4.69, 9.17) is 32.4 Å². The third kappa shape index (κ3) is 3.43. The van der Waals surface area contributed by atoms with Crippen molar-refractivity contribution in [2.24, 2.45) is 0 Å².